The van der Waals surface area contributed by atoms with E-state index in [-0.39, 0.29) is 5.91 Å². The van der Waals surface area contributed by atoms with E-state index < -0.39 is 5.41 Å². The molecule has 2 aliphatic heterocycles. The number of aryl methyl sites for hydroxylation is 2. The summed E-state index contributed by atoms with van der Waals surface area (Å²) in [6.07, 6.45) is 4.89. The van der Waals surface area contributed by atoms with Crippen LogP contribution in [0.15, 0.2) is 36.4 Å². The summed E-state index contributed by atoms with van der Waals surface area (Å²) in [6, 6.07) is 11.8. The zero-order valence-electron chi connectivity index (χ0n) is 20.0. The van der Waals surface area contributed by atoms with Crippen LogP contribution < -0.4 is 10.1 Å². The average molecular weight is 471 g/mol. The summed E-state index contributed by atoms with van der Waals surface area (Å²) < 4.78 is 5.98. The van der Waals surface area contributed by atoms with Crippen LogP contribution in [-0.2, 0) is 27.8 Å². The molecule has 178 valence electrons. The number of ether oxygens (including phenoxy) is 1. The number of carbonyl (C=O) groups excluding carboxylic acids is 2. The van der Waals surface area contributed by atoms with E-state index in [1.165, 1.54) is 5.56 Å². The molecule has 1 amide bonds. The number of carbonyl (C=O) groups is 2. The van der Waals surface area contributed by atoms with Gasteiger partial charge in [-0.3, -0.25) is 9.69 Å². The van der Waals surface area contributed by atoms with Gasteiger partial charge >= 0.3 is 0 Å². The molecule has 0 saturated carbocycles. The third-order valence-electron chi connectivity index (χ3n) is 6.61. The fourth-order valence-electron chi connectivity index (χ4n) is 4.69. The Labute approximate surface area is 202 Å². The first-order valence-corrected chi connectivity index (χ1v) is 12.4. The Morgan fingerprint density at radius 1 is 1.12 bits per heavy atom. The number of piperidine rings is 1. The highest BCUT2D eigenvalue weighted by atomic mass is 35.5. The summed E-state index contributed by atoms with van der Waals surface area (Å²) in [4.78, 5) is 26.0. The Balaban J connectivity index is 0.00000149. The maximum atomic E-state index is 12.2. The second kappa shape index (κ2) is 11.7. The summed E-state index contributed by atoms with van der Waals surface area (Å²) in [5.74, 6) is 0.905. The van der Waals surface area contributed by atoms with Crippen LogP contribution >= 0.6 is 11.6 Å². The van der Waals surface area contributed by atoms with E-state index in [2.05, 4.69) is 17.1 Å². The van der Waals surface area contributed by atoms with Crippen LogP contribution in [0.4, 0.5) is 5.69 Å². The minimum Gasteiger partial charge on any atom is -0.492 e. The van der Waals surface area contributed by atoms with E-state index in [9.17, 15) is 9.59 Å². The summed E-state index contributed by atoms with van der Waals surface area (Å²) >= 11 is 6.26. The number of hydrogen-bond acceptors (Lipinski definition) is 4. The van der Waals surface area contributed by atoms with Gasteiger partial charge in [0.2, 0.25) is 5.91 Å². The van der Waals surface area contributed by atoms with Crippen molar-refractivity contribution in [2.45, 2.75) is 58.3 Å². The number of benzene rings is 2. The zero-order valence-corrected chi connectivity index (χ0v) is 20.7. The molecular weight excluding hydrogens is 436 g/mol. The van der Waals surface area contributed by atoms with Crippen LogP contribution in [0.5, 0.6) is 5.75 Å². The molecule has 2 heterocycles. The van der Waals surface area contributed by atoms with E-state index in [1.54, 1.807) is 0 Å². The van der Waals surface area contributed by atoms with E-state index in [0.717, 1.165) is 74.2 Å². The number of hydrogen-bond donors (Lipinski definition) is 1. The predicted octanol–water partition coefficient (Wildman–Crippen LogP) is 5.42. The standard InChI is InChI=1S/C25H29ClN2O3.C2H6/c1-2-18-3-5-20(26)16-22(18)25(17-29)9-11-28(12-10-25)13-14-31-21-6-7-23-19(15-21)4-8-24(30)27-23;1-2/h3,5-7,15-17H,2,4,8-14H2,1H3,(H,27,30);1-2H3. The van der Waals surface area contributed by atoms with Gasteiger partial charge in [-0.15, -0.1) is 0 Å². The van der Waals surface area contributed by atoms with E-state index in [0.29, 0.717) is 18.1 Å². The maximum Gasteiger partial charge on any atom is 0.224 e. The Morgan fingerprint density at radius 2 is 1.88 bits per heavy atom. The number of anilines is 1. The molecule has 0 spiro atoms. The lowest BCUT2D eigenvalue weighted by molar-refractivity contribution is -0.116. The third-order valence-corrected chi connectivity index (χ3v) is 6.85. The predicted molar refractivity (Wildman–Crippen MR) is 134 cm³/mol. The van der Waals surface area contributed by atoms with Crippen molar-refractivity contribution < 1.29 is 14.3 Å². The van der Waals surface area contributed by atoms with E-state index in [1.807, 2.05) is 50.2 Å². The Hall–Kier alpha value is -2.37. The molecular formula is C27H35ClN2O3. The van der Waals surface area contributed by atoms with Crippen molar-refractivity contribution in [3.8, 4) is 5.75 Å². The zero-order chi connectivity index (χ0) is 23.8. The second-order valence-electron chi connectivity index (χ2n) is 8.49. The highest BCUT2D eigenvalue weighted by molar-refractivity contribution is 6.30. The lowest BCUT2D eigenvalue weighted by atomic mass is 9.72. The van der Waals surface area contributed by atoms with Crippen molar-refractivity contribution in [2.24, 2.45) is 0 Å². The van der Waals surface area contributed by atoms with E-state index >= 15 is 0 Å². The number of rotatable bonds is 7. The Bertz CT molecular complexity index is 968. The average Bonchev–Trinajstić information content (AvgIpc) is 2.86. The van der Waals surface area contributed by atoms with Crippen molar-refractivity contribution in [3.05, 3.63) is 58.1 Å². The molecule has 0 aliphatic carbocycles. The lowest BCUT2D eigenvalue weighted by Gasteiger charge is -2.39. The normalized spacial score (nSPS) is 17.3. The van der Waals surface area contributed by atoms with Crippen molar-refractivity contribution in [1.29, 1.82) is 0 Å². The number of nitrogens with one attached hydrogen (secondary N) is 1. The molecule has 1 saturated heterocycles. The first-order valence-electron chi connectivity index (χ1n) is 12.1. The van der Waals surface area contributed by atoms with Gasteiger partial charge in [0.25, 0.3) is 0 Å². The van der Waals surface area contributed by atoms with Gasteiger partial charge in [-0.2, -0.15) is 0 Å². The van der Waals surface area contributed by atoms with Crippen LogP contribution in [0.1, 0.15) is 56.7 Å². The van der Waals surface area contributed by atoms with Gasteiger partial charge in [0.15, 0.2) is 0 Å². The lowest BCUT2D eigenvalue weighted by Crippen LogP contribution is -2.45. The summed E-state index contributed by atoms with van der Waals surface area (Å²) in [5.41, 5.74) is 3.86. The van der Waals surface area contributed by atoms with Crippen LogP contribution in [0.3, 0.4) is 0 Å². The molecule has 0 atom stereocenters. The maximum absolute atomic E-state index is 12.2. The quantitative estimate of drug-likeness (QED) is 0.548. The van der Waals surface area contributed by atoms with E-state index in [4.69, 9.17) is 16.3 Å². The summed E-state index contributed by atoms with van der Waals surface area (Å²) in [6.45, 7) is 9.24. The van der Waals surface area contributed by atoms with Crippen LogP contribution in [-0.4, -0.2) is 43.3 Å². The molecule has 5 nitrogen and oxygen atoms in total. The van der Waals surface area contributed by atoms with Crippen molar-refractivity contribution in [2.75, 3.05) is 31.6 Å². The molecule has 2 aromatic carbocycles. The van der Waals surface area contributed by atoms with Crippen molar-refractivity contribution in [1.82, 2.24) is 4.90 Å². The number of likely N-dealkylation sites (tertiary alicyclic amines) is 1. The first-order chi connectivity index (χ1) is 16.0. The molecule has 0 aromatic heterocycles. The highest BCUT2D eigenvalue weighted by Crippen LogP contribution is 2.37. The number of halogens is 1. The molecule has 0 unspecified atom stereocenters. The van der Waals surface area contributed by atoms with Crippen LogP contribution in [0.2, 0.25) is 5.02 Å². The van der Waals surface area contributed by atoms with Gasteiger partial charge in [-0.05, 0) is 85.8 Å². The molecule has 6 heteroatoms. The van der Waals surface area contributed by atoms with Crippen molar-refractivity contribution in [3.63, 3.8) is 0 Å². The fourth-order valence-corrected chi connectivity index (χ4v) is 4.86. The van der Waals surface area contributed by atoms with Crippen LogP contribution in [0.25, 0.3) is 0 Å². The molecule has 2 aliphatic rings. The second-order valence-corrected chi connectivity index (χ2v) is 8.92. The van der Waals surface area contributed by atoms with Gasteiger partial charge in [-0.25, -0.2) is 0 Å². The Morgan fingerprint density at radius 3 is 2.58 bits per heavy atom. The number of aldehydes is 1. The smallest absolute Gasteiger partial charge is 0.224 e. The summed E-state index contributed by atoms with van der Waals surface area (Å²) in [5, 5.41) is 3.58. The van der Waals surface area contributed by atoms with Gasteiger partial charge < -0.3 is 14.8 Å². The minimum atomic E-state index is -0.448. The van der Waals surface area contributed by atoms with Crippen molar-refractivity contribution >= 4 is 29.5 Å². The van der Waals surface area contributed by atoms with Crippen LogP contribution in [0, 0.1) is 0 Å². The molecule has 4 rings (SSSR count). The molecule has 2 aromatic rings. The molecule has 1 N–H and O–H groups in total. The van der Waals surface area contributed by atoms with Gasteiger partial charge in [0.1, 0.15) is 18.6 Å². The fraction of sp³-hybridized carbons (Fsp3) is 0.481. The molecule has 33 heavy (non-hydrogen) atoms. The van der Waals surface area contributed by atoms with Gasteiger partial charge in [-0.1, -0.05) is 38.4 Å². The largest absolute Gasteiger partial charge is 0.492 e. The monoisotopic (exact) mass is 470 g/mol. The van der Waals surface area contributed by atoms with Gasteiger partial charge in [0.05, 0.1) is 5.41 Å². The minimum absolute atomic E-state index is 0.0708. The number of amides is 1. The molecule has 0 radical (unpaired) electrons. The highest BCUT2D eigenvalue weighted by Gasteiger charge is 2.37. The molecule has 1 fully saturated rings. The molecule has 0 bridgehead atoms. The topological polar surface area (TPSA) is 58.6 Å². The first kappa shape index (κ1) is 25.3. The number of nitrogens with zero attached hydrogens (tertiary/aromatic N) is 1. The number of fused-ring (bicyclic) bond motifs is 1. The van der Waals surface area contributed by atoms with Gasteiger partial charge in [0, 0.05) is 23.7 Å². The summed E-state index contributed by atoms with van der Waals surface area (Å²) in [7, 11) is 0. The third kappa shape index (κ3) is 5.96. The Kier molecular flexibility index (Phi) is 8.93. The SMILES string of the molecule is CC.CCc1ccc(Cl)cc1C1(C=O)CCN(CCOc2ccc3c(c2)CCC(=O)N3)CC1.